The average molecular weight is 380 g/mol. The van der Waals surface area contributed by atoms with Crippen LogP contribution in [0, 0.1) is 0 Å². The van der Waals surface area contributed by atoms with E-state index in [4.69, 9.17) is 4.74 Å². The quantitative estimate of drug-likeness (QED) is 0.730. The first kappa shape index (κ1) is 19.3. The number of ether oxygens (including phenoxy) is 1. The Morgan fingerprint density at radius 3 is 2.11 bits per heavy atom. The molecule has 2 aromatic rings. The monoisotopic (exact) mass is 379 g/mol. The molecule has 0 amide bonds. The lowest BCUT2D eigenvalue weighted by Gasteiger charge is -2.28. The first-order valence-electron chi connectivity index (χ1n) is 10.9. The fourth-order valence-corrected chi connectivity index (χ4v) is 4.16. The highest BCUT2D eigenvalue weighted by atomic mass is 16.5. The highest BCUT2D eigenvalue weighted by Crippen LogP contribution is 2.31. The lowest BCUT2D eigenvalue weighted by Crippen LogP contribution is -2.34. The van der Waals surface area contributed by atoms with Crippen molar-refractivity contribution in [3.05, 3.63) is 48.5 Å². The van der Waals surface area contributed by atoms with Crippen molar-refractivity contribution in [1.82, 2.24) is 9.80 Å². The number of hydrogen-bond donors (Lipinski definition) is 1. The standard InChI is InChI=1S/C24H33N3O/c1-4-10-21(11-5-1)22-12-13-23(25-19-26-14-6-2-7-15-26)24(18-22)28-20-27-16-8-3-9-17-27/h1,4-5,10-13,18,25H,2-3,6-9,14-17,19-20H2. The Hall–Kier alpha value is -2.04. The van der Waals surface area contributed by atoms with Gasteiger partial charge in [-0.05, 0) is 62.0 Å². The molecule has 150 valence electrons. The zero-order valence-corrected chi connectivity index (χ0v) is 16.9. The molecule has 1 N–H and O–H groups in total. The van der Waals surface area contributed by atoms with Crippen LogP contribution in [0.25, 0.3) is 11.1 Å². The Bertz CT molecular complexity index is 722. The van der Waals surface area contributed by atoms with E-state index in [9.17, 15) is 0 Å². The molecule has 4 nitrogen and oxygen atoms in total. The molecule has 0 radical (unpaired) electrons. The Kier molecular flexibility index (Phi) is 6.85. The summed E-state index contributed by atoms with van der Waals surface area (Å²) in [5, 5.41) is 3.63. The Balaban J connectivity index is 1.47. The largest absolute Gasteiger partial charge is 0.476 e. The van der Waals surface area contributed by atoms with Crippen molar-refractivity contribution in [2.24, 2.45) is 0 Å². The van der Waals surface area contributed by atoms with Gasteiger partial charge in [0.2, 0.25) is 0 Å². The number of nitrogens with one attached hydrogen (secondary N) is 1. The smallest absolute Gasteiger partial charge is 0.145 e. The minimum absolute atomic E-state index is 0.677. The van der Waals surface area contributed by atoms with Gasteiger partial charge in [0.1, 0.15) is 12.5 Å². The van der Waals surface area contributed by atoms with E-state index in [-0.39, 0.29) is 0 Å². The number of nitrogens with zero attached hydrogens (tertiary/aromatic N) is 2. The van der Waals surface area contributed by atoms with Crippen LogP contribution in [0.4, 0.5) is 5.69 Å². The van der Waals surface area contributed by atoms with Crippen molar-refractivity contribution in [3.8, 4) is 16.9 Å². The predicted octanol–water partition coefficient (Wildman–Crippen LogP) is 5.03. The first-order chi connectivity index (χ1) is 13.9. The minimum atomic E-state index is 0.677. The lowest BCUT2D eigenvalue weighted by molar-refractivity contribution is 0.107. The second-order valence-electron chi connectivity index (χ2n) is 8.04. The van der Waals surface area contributed by atoms with Crippen LogP contribution in [0.3, 0.4) is 0 Å². The van der Waals surface area contributed by atoms with Crippen LogP contribution in [0.5, 0.6) is 5.75 Å². The summed E-state index contributed by atoms with van der Waals surface area (Å²) in [6.45, 7) is 6.25. The first-order valence-corrected chi connectivity index (χ1v) is 10.9. The van der Waals surface area contributed by atoms with Crippen LogP contribution >= 0.6 is 0 Å². The van der Waals surface area contributed by atoms with Crippen LogP contribution in [0.2, 0.25) is 0 Å². The number of anilines is 1. The molecule has 0 aromatic heterocycles. The van der Waals surface area contributed by atoms with Gasteiger partial charge in [-0.25, -0.2) is 0 Å². The summed E-state index contributed by atoms with van der Waals surface area (Å²) >= 11 is 0. The van der Waals surface area contributed by atoms with E-state index in [1.165, 1.54) is 62.7 Å². The molecule has 0 saturated carbocycles. The van der Waals surface area contributed by atoms with Gasteiger partial charge in [0.25, 0.3) is 0 Å². The summed E-state index contributed by atoms with van der Waals surface area (Å²) in [4.78, 5) is 4.93. The third kappa shape index (κ3) is 5.27. The van der Waals surface area contributed by atoms with Crippen molar-refractivity contribution in [2.45, 2.75) is 38.5 Å². The van der Waals surface area contributed by atoms with Crippen molar-refractivity contribution in [1.29, 1.82) is 0 Å². The molecule has 0 bridgehead atoms. The van der Waals surface area contributed by atoms with Crippen LogP contribution in [-0.2, 0) is 0 Å². The van der Waals surface area contributed by atoms with Crippen molar-refractivity contribution in [3.63, 3.8) is 0 Å². The average Bonchev–Trinajstić information content (AvgIpc) is 2.78. The van der Waals surface area contributed by atoms with Crippen molar-refractivity contribution >= 4 is 5.69 Å². The molecule has 0 atom stereocenters. The number of hydrogen-bond acceptors (Lipinski definition) is 4. The number of likely N-dealkylation sites (tertiary alicyclic amines) is 2. The van der Waals surface area contributed by atoms with Gasteiger partial charge in [-0.1, -0.05) is 49.2 Å². The highest BCUT2D eigenvalue weighted by Gasteiger charge is 2.14. The van der Waals surface area contributed by atoms with E-state index >= 15 is 0 Å². The Labute approximate surface area is 169 Å². The van der Waals surface area contributed by atoms with E-state index in [0.717, 1.165) is 31.2 Å². The van der Waals surface area contributed by atoms with E-state index in [1.807, 2.05) is 0 Å². The van der Waals surface area contributed by atoms with Crippen molar-refractivity contribution < 1.29 is 4.74 Å². The fourth-order valence-electron chi connectivity index (χ4n) is 4.16. The van der Waals surface area contributed by atoms with E-state index in [2.05, 4.69) is 63.6 Å². The molecule has 0 spiro atoms. The molecule has 4 rings (SSSR count). The van der Waals surface area contributed by atoms with Gasteiger partial charge in [-0.3, -0.25) is 9.80 Å². The topological polar surface area (TPSA) is 27.7 Å². The zero-order valence-electron chi connectivity index (χ0n) is 16.9. The molecule has 2 fully saturated rings. The Morgan fingerprint density at radius 1 is 0.714 bits per heavy atom. The highest BCUT2D eigenvalue weighted by molar-refractivity contribution is 5.70. The number of benzene rings is 2. The second-order valence-corrected chi connectivity index (χ2v) is 8.04. The van der Waals surface area contributed by atoms with Gasteiger partial charge in [0, 0.05) is 13.1 Å². The van der Waals surface area contributed by atoms with Gasteiger partial charge in [0.15, 0.2) is 0 Å². The summed E-state index contributed by atoms with van der Waals surface area (Å²) in [6, 6.07) is 17.1. The molecule has 28 heavy (non-hydrogen) atoms. The Morgan fingerprint density at radius 2 is 1.39 bits per heavy atom. The van der Waals surface area contributed by atoms with Gasteiger partial charge in [0.05, 0.1) is 12.4 Å². The summed E-state index contributed by atoms with van der Waals surface area (Å²) < 4.78 is 6.32. The molecule has 2 saturated heterocycles. The normalized spacial score (nSPS) is 18.7. The molecule has 0 unspecified atom stereocenters. The molecule has 4 heteroatoms. The van der Waals surface area contributed by atoms with E-state index < -0.39 is 0 Å². The van der Waals surface area contributed by atoms with Gasteiger partial charge < -0.3 is 10.1 Å². The third-order valence-electron chi connectivity index (χ3n) is 5.88. The maximum atomic E-state index is 6.32. The summed E-state index contributed by atoms with van der Waals surface area (Å²) in [5.74, 6) is 0.962. The molecular weight excluding hydrogens is 346 g/mol. The summed E-state index contributed by atoms with van der Waals surface area (Å²) in [6.07, 6.45) is 7.91. The number of piperidine rings is 2. The van der Waals surface area contributed by atoms with Crippen LogP contribution < -0.4 is 10.1 Å². The van der Waals surface area contributed by atoms with Crippen LogP contribution in [-0.4, -0.2) is 49.4 Å². The third-order valence-corrected chi connectivity index (χ3v) is 5.88. The molecule has 2 aliphatic heterocycles. The molecule has 0 aliphatic carbocycles. The second kappa shape index (κ2) is 9.94. The lowest BCUT2D eigenvalue weighted by atomic mass is 10.0. The van der Waals surface area contributed by atoms with E-state index in [0.29, 0.717) is 6.73 Å². The number of rotatable bonds is 7. The molecular formula is C24H33N3O. The van der Waals surface area contributed by atoms with Gasteiger partial charge >= 0.3 is 0 Å². The molecule has 2 aromatic carbocycles. The predicted molar refractivity (Wildman–Crippen MR) is 117 cm³/mol. The molecule has 2 heterocycles. The van der Waals surface area contributed by atoms with Crippen molar-refractivity contribution in [2.75, 3.05) is 44.9 Å². The van der Waals surface area contributed by atoms with Crippen LogP contribution in [0.1, 0.15) is 38.5 Å². The summed E-state index contributed by atoms with van der Waals surface area (Å²) in [7, 11) is 0. The maximum Gasteiger partial charge on any atom is 0.145 e. The summed E-state index contributed by atoms with van der Waals surface area (Å²) in [5.41, 5.74) is 3.54. The van der Waals surface area contributed by atoms with E-state index in [1.54, 1.807) is 0 Å². The molecule has 2 aliphatic rings. The maximum absolute atomic E-state index is 6.32. The zero-order chi connectivity index (χ0) is 19.0. The SMILES string of the molecule is c1ccc(-c2ccc(NCN3CCCCC3)c(OCN3CCCCC3)c2)cc1. The fraction of sp³-hybridized carbons (Fsp3) is 0.500. The van der Waals surface area contributed by atoms with Crippen LogP contribution in [0.15, 0.2) is 48.5 Å². The minimum Gasteiger partial charge on any atom is -0.476 e. The van der Waals surface area contributed by atoms with Gasteiger partial charge in [-0.15, -0.1) is 0 Å². The van der Waals surface area contributed by atoms with Gasteiger partial charge in [-0.2, -0.15) is 0 Å².